The van der Waals surface area contributed by atoms with Gasteiger partial charge in [0, 0.05) is 17.8 Å². The molecule has 0 atom stereocenters. The highest BCUT2D eigenvalue weighted by Gasteiger charge is 2.06. The van der Waals surface area contributed by atoms with E-state index in [1.807, 2.05) is 0 Å². The van der Waals surface area contributed by atoms with Crippen LogP contribution in [0.4, 0.5) is 11.4 Å². The molecule has 2 N–H and O–H groups in total. The van der Waals surface area contributed by atoms with Crippen LogP contribution in [0, 0.1) is 10.1 Å². The van der Waals surface area contributed by atoms with Crippen LogP contribution in [-0.2, 0) is 0 Å². The number of anilines is 1. The highest BCUT2D eigenvalue weighted by Crippen LogP contribution is 2.25. The molecule has 0 aliphatic rings. The zero-order chi connectivity index (χ0) is 15.3. The minimum Gasteiger partial charge on any atom is -0.399 e. The summed E-state index contributed by atoms with van der Waals surface area (Å²) in [4.78, 5) is 9.64. The van der Waals surface area contributed by atoms with Crippen LogP contribution in [0.25, 0.3) is 0 Å². The van der Waals surface area contributed by atoms with Crippen molar-refractivity contribution < 1.29 is 4.92 Å². The Hall–Kier alpha value is -1.20. The minimum atomic E-state index is -0.526. The van der Waals surface area contributed by atoms with Gasteiger partial charge in [0.1, 0.15) is 0 Å². The van der Waals surface area contributed by atoms with Crippen LogP contribution in [0.2, 0.25) is 20.1 Å². The Kier molecular flexibility index (Phi) is 6.36. The molecule has 0 fully saturated rings. The van der Waals surface area contributed by atoms with Crippen molar-refractivity contribution in [3.8, 4) is 0 Å². The molecule has 8 heteroatoms. The Morgan fingerprint density at radius 2 is 1.35 bits per heavy atom. The predicted octanol–water partition coefficient (Wildman–Crippen LogP) is 5.48. The molecule has 0 saturated heterocycles. The number of nitro groups is 1. The van der Waals surface area contributed by atoms with Crippen molar-refractivity contribution in [2.75, 3.05) is 5.73 Å². The maximum atomic E-state index is 10.2. The average Bonchev–Trinajstić information content (AvgIpc) is 2.38. The van der Waals surface area contributed by atoms with Crippen LogP contribution >= 0.6 is 46.4 Å². The fourth-order valence-electron chi connectivity index (χ4n) is 1.11. The predicted molar refractivity (Wildman–Crippen MR) is 84.0 cm³/mol. The topological polar surface area (TPSA) is 69.2 Å². The fourth-order valence-corrected chi connectivity index (χ4v) is 1.71. The Balaban J connectivity index is 0.000000204. The summed E-state index contributed by atoms with van der Waals surface area (Å²) in [6, 6.07) is 8.89. The second-order valence-electron chi connectivity index (χ2n) is 3.53. The molecule has 0 spiro atoms. The lowest BCUT2D eigenvalue weighted by Gasteiger charge is -1.94. The zero-order valence-corrected chi connectivity index (χ0v) is 12.8. The van der Waals surface area contributed by atoms with Crippen LogP contribution in [0.15, 0.2) is 36.4 Å². The van der Waals surface area contributed by atoms with Gasteiger partial charge in [0.2, 0.25) is 0 Å². The Bertz CT molecular complexity index is 635. The molecule has 2 aromatic carbocycles. The van der Waals surface area contributed by atoms with E-state index in [-0.39, 0.29) is 10.7 Å². The number of benzene rings is 2. The van der Waals surface area contributed by atoms with Crippen LogP contribution in [-0.4, -0.2) is 4.92 Å². The lowest BCUT2D eigenvalue weighted by Crippen LogP contribution is -1.86. The van der Waals surface area contributed by atoms with E-state index in [9.17, 15) is 10.1 Å². The van der Waals surface area contributed by atoms with Gasteiger partial charge in [0.15, 0.2) is 0 Å². The normalized spacial score (nSPS) is 9.60. The first-order chi connectivity index (χ1) is 9.31. The number of hydrogen-bond acceptors (Lipinski definition) is 3. The summed E-state index contributed by atoms with van der Waals surface area (Å²) in [6.07, 6.45) is 0. The Morgan fingerprint density at radius 3 is 1.75 bits per heavy atom. The van der Waals surface area contributed by atoms with Crippen LogP contribution in [0.3, 0.4) is 0 Å². The van der Waals surface area contributed by atoms with E-state index in [0.29, 0.717) is 20.8 Å². The van der Waals surface area contributed by atoms with Gasteiger partial charge < -0.3 is 5.73 Å². The standard InChI is InChI=1S/C6H3Cl2NO2.C6H5Cl2N/c7-5-2-1-4(9(10)11)3-6(5)8;7-5-2-1-4(9)3-6(5)8/h1-3H;1-3H,9H2. The van der Waals surface area contributed by atoms with E-state index in [4.69, 9.17) is 52.1 Å². The van der Waals surface area contributed by atoms with Gasteiger partial charge in [-0.15, -0.1) is 0 Å². The molecule has 0 bridgehead atoms. The number of nitro benzene ring substituents is 1. The van der Waals surface area contributed by atoms with Crippen molar-refractivity contribution in [1.29, 1.82) is 0 Å². The molecule has 2 rings (SSSR count). The van der Waals surface area contributed by atoms with E-state index >= 15 is 0 Å². The third-order valence-corrected chi connectivity index (χ3v) is 3.54. The average molecular weight is 354 g/mol. The molecule has 0 heterocycles. The SMILES string of the molecule is Nc1ccc(Cl)c(Cl)c1.O=[N+]([O-])c1ccc(Cl)c(Cl)c1. The van der Waals surface area contributed by atoms with Crippen molar-refractivity contribution in [1.82, 2.24) is 0 Å². The van der Waals surface area contributed by atoms with Gasteiger partial charge in [-0.3, -0.25) is 10.1 Å². The molecular formula is C12H8Cl4N2O2. The maximum absolute atomic E-state index is 10.2. The molecule has 0 aliphatic heterocycles. The largest absolute Gasteiger partial charge is 0.399 e. The number of non-ortho nitro benzene ring substituents is 1. The number of nitrogens with two attached hydrogens (primary N) is 1. The van der Waals surface area contributed by atoms with E-state index in [1.165, 1.54) is 18.2 Å². The summed E-state index contributed by atoms with van der Waals surface area (Å²) in [5.41, 5.74) is 5.96. The van der Waals surface area contributed by atoms with Gasteiger partial charge in [0.25, 0.3) is 5.69 Å². The molecule has 0 aromatic heterocycles. The molecule has 0 aliphatic carbocycles. The Morgan fingerprint density at radius 1 is 0.850 bits per heavy atom. The van der Waals surface area contributed by atoms with E-state index in [1.54, 1.807) is 18.2 Å². The summed E-state index contributed by atoms with van der Waals surface area (Å²) < 4.78 is 0. The van der Waals surface area contributed by atoms with Gasteiger partial charge in [-0.2, -0.15) is 0 Å². The highest BCUT2D eigenvalue weighted by molar-refractivity contribution is 6.42. The molecule has 0 saturated carbocycles. The smallest absolute Gasteiger partial charge is 0.271 e. The third-order valence-electron chi connectivity index (χ3n) is 2.06. The zero-order valence-electron chi connectivity index (χ0n) is 9.82. The molecule has 0 amide bonds. The van der Waals surface area contributed by atoms with E-state index in [0.717, 1.165) is 0 Å². The number of rotatable bonds is 1. The number of halogens is 4. The first-order valence-corrected chi connectivity index (χ1v) is 6.62. The molecule has 4 nitrogen and oxygen atoms in total. The second-order valence-corrected chi connectivity index (χ2v) is 5.16. The van der Waals surface area contributed by atoms with Gasteiger partial charge in [-0.25, -0.2) is 0 Å². The first kappa shape index (κ1) is 16.9. The van der Waals surface area contributed by atoms with Gasteiger partial charge in [-0.1, -0.05) is 46.4 Å². The van der Waals surface area contributed by atoms with Crippen molar-refractivity contribution in [3.05, 3.63) is 66.6 Å². The van der Waals surface area contributed by atoms with Crippen molar-refractivity contribution in [2.24, 2.45) is 0 Å². The lowest BCUT2D eigenvalue weighted by atomic mass is 10.3. The monoisotopic (exact) mass is 352 g/mol. The maximum Gasteiger partial charge on any atom is 0.271 e. The van der Waals surface area contributed by atoms with Gasteiger partial charge >= 0.3 is 0 Å². The number of nitrogen functional groups attached to an aromatic ring is 1. The summed E-state index contributed by atoms with van der Waals surface area (Å²) in [5, 5.41) is 11.7. The van der Waals surface area contributed by atoms with Gasteiger partial charge in [0.05, 0.1) is 25.0 Å². The molecular weight excluding hydrogens is 346 g/mol. The summed E-state index contributed by atoms with van der Waals surface area (Å²) >= 11 is 22.2. The minimum absolute atomic E-state index is 0.0561. The Labute approximate surface area is 135 Å². The highest BCUT2D eigenvalue weighted by atomic mass is 35.5. The van der Waals surface area contributed by atoms with Crippen LogP contribution < -0.4 is 5.73 Å². The summed E-state index contributed by atoms with van der Waals surface area (Å²) in [7, 11) is 0. The number of hydrogen-bond donors (Lipinski definition) is 1. The third kappa shape index (κ3) is 5.06. The van der Waals surface area contributed by atoms with Crippen LogP contribution in [0.5, 0.6) is 0 Å². The molecule has 20 heavy (non-hydrogen) atoms. The van der Waals surface area contributed by atoms with Crippen LogP contribution in [0.1, 0.15) is 0 Å². The quantitative estimate of drug-likeness (QED) is 0.419. The molecule has 0 unspecified atom stereocenters. The van der Waals surface area contributed by atoms with Gasteiger partial charge in [-0.05, 0) is 24.3 Å². The summed E-state index contributed by atoms with van der Waals surface area (Å²) in [5.74, 6) is 0. The van der Waals surface area contributed by atoms with E-state index in [2.05, 4.69) is 0 Å². The first-order valence-electron chi connectivity index (χ1n) is 5.11. The molecule has 2 aromatic rings. The molecule has 106 valence electrons. The lowest BCUT2D eigenvalue weighted by molar-refractivity contribution is -0.384. The summed E-state index contributed by atoms with van der Waals surface area (Å²) in [6.45, 7) is 0. The fraction of sp³-hybridized carbons (Fsp3) is 0. The van der Waals surface area contributed by atoms with Crippen molar-refractivity contribution in [2.45, 2.75) is 0 Å². The second kappa shape index (κ2) is 7.55. The number of nitrogens with zero attached hydrogens (tertiary/aromatic N) is 1. The van der Waals surface area contributed by atoms with Crippen molar-refractivity contribution >= 4 is 57.8 Å². The van der Waals surface area contributed by atoms with Crippen molar-refractivity contribution in [3.63, 3.8) is 0 Å². The van der Waals surface area contributed by atoms with E-state index < -0.39 is 4.92 Å². The molecule has 0 radical (unpaired) electrons.